The van der Waals surface area contributed by atoms with E-state index in [1.165, 1.54) is 13.0 Å². The van der Waals surface area contributed by atoms with Crippen molar-refractivity contribution in [2.45, 2.75) is 44.8 Å². The second kappa shape index (κ2) is 5.10. The van der Waals surface area contributed by atoms with Gasteiger partial charge in [-0.3, -0.25) is 0 Å². The van der Waals surface area contributed by atoms with Gasteiger partial charge in [-0.15, -0.1) is 0 Å². The molecule has 1 heterocycles. The van der Waals surface area contributed by atoms with Gasteiger partial charge in [0.25, 0.3) is 0 Å². The molecule has 0 aromatic carbocycles. The Morgan fingerprint density at radius 2 is 2.29 bits per heavy atom. The minimum absolute atomic E-state index is 0.532. The van der Waals surface area contributed by atoms with E-state index >= 15 is 0 Å². The first-order valence-electron chi connectivity index (χ1n) is 5.68. The predicted octanol–water partition coefficient (Wildman–Crippen LogP) is 0.831. The first-order chi connectivity index (χ1) is 6.53. The zero-order valence-electron chi connectivity index (χ0n) is 9.71. The number of nitrogens with zero attached hydrogens (tertiary/aromatic N) is 1. The maximum atomic E-state index is 9.96. The van der Waals surface area contributed by atoms with Gasteiger partial charge >= 0.3 is 0 Å². The molecule has 0 saturated carbocycles. The quantitative estimate of drug-likeness (QED) is 0.690. The van der Waals surface area contributed by atoms with Crippen LogP contribution in [0.15, 0.2) is 0 Å². The van der Waals surface area contributed by atoms with E-state index in [-0.39, 0.29) is 0 Å². The highest BCUT2D eigenvalue weighted by Crippen LogP contribution is 2.12. The van der Waals surface area contributed by atoms with Gasteiger partial charge in [-0.25, -0.2) is 0 Å². The predicted molar refractivity (Wildman–Crippen MR) is 59.4 cm³/mol. The molecule has 1 fully saturated rings. The third-order valence-corrected chi connectivity index (χ3v) is 2.95. The molecule has 2 unspecified atom stereocenters. The molecule has 3 heteroatoms. The first-order valence-corrected chi connectivity index (χ1v) is 5.68. The largest absolute Gasteiger partial charge is 0.389 e. The average molecular weight is 200 g/mol. The standard InChI is InChI=1S/C11H24N2O/c1-4-6-11(2,14)9-12-10-5-7-13(3)8-10/h10,12,14H,4-9H2,1-3H3. The fourth-order valence-corrected chi connectivity index (χ4v) is 2.09. The van der Waals surface area contributed by atoms with E-state index in [9.17, 15) is 5.11 Å². The summed E-state index contributed by atoms with van der Waals surface area (Å²) in [6.07, 6.45) is 3.13. The van der Waals surface area contributed by atoms with Crippen molar-refractivity contribution in [1.29, 1.82) is 0 Å². The Hall–Kier alpha value is -0.120. The fraction of sp³-hybridized carbons (Fsp3) is 1.00. The maximum Gasteiger partial charge on any atom is 0.0743 e. The summed E-state index contributed by atoms with van der Waals surface area (Å²) in [6, 6.07) is 0.573. The summed E-state index contributed by atoms with van der Waals surface area (Å²) in [5.41, 5.74) is -0.532. The van der Waals surface area contributed by atoms with E-state index in [2.05, 4.69) is 24.2 Å². The number of nitrogens with one attached hydrogen (secondary N) is 1. The van der Waals surface area contributed by atoms with Crippen LogP contribution in [0.1, 0.15) is 33.1 Å². The lowest BCUT2D eigenvalue weighted by molar-refractivity contribution is 0.0475. The van der Waals surface area contributed by atoms with Gasteiger partial charge in [0.1, 0.15) is 0 Å². The lowest BCUT2D eigenvalue weighted by atomic mass is 10.0. The Morgan fingerprint density at radius 3 is 2.79 bits per heavy atom. The van der Waals surface area contributed by atoms with E-state index in [1.54, 1.807) is 0 Å². The van der Waals surface area contributed by atoms with E-state index < -0.39 is 5.60 Å². The molecule has 0 aromatic rings. The molecule has 2 atom stereocenters. The molecule has 0 aromatic heterocycles. The Labute approximate surface area is 87.5 Å². The van der Waals surface area contributed by atoms with Gasteiger partial charge in [0.15, 0.2) is 0 Å². The van der Waals surface area contributed by atoms with Crippen molar-refractivity contribution in [3.05, 3.63) is 0 Å². The number of hydrogen-bond donors (Lipinski definition) is 2. The minimum Gasteiger partial charge on any atom is -0.389 e. The molecule has 0 amide bonds. The lowest BCUT2D eigenvalue weighted by Crippen LogP contribution is -2.43. The molecule has 1 rings (SSSR count). The molecule has 84 valence electrons. The average Bonchev–Trinajstić information content (AvgIpc) is 2.48. The van der Waals surface area contributed by atoms with Gasteiger partial charge in [-0.05, 0) is 33.4 Å². The molecule has 1 aliphatic heterocycles. The van der Waals surface area contributed by atoms with Gasteiger partial charge in [-0.2, -0.15) is 0 Å². The summed E-state index contributed by atoms with van der Waals surface area (Å²) < 4.78 is 0. The van der Waals surface area contributed by atoms with Crippen molar-refractivity contribution >= 4 is 0 Å². The molecule has 1 saturated heterocycles. The second-order valence-corrected chi connectivity index (χ2v) is 4.88. The topological polar surface area (TPSA) is 35.5 Å². The van der Waals surface area contributed by atoms with Gasteiger partial charge in [0.05, 0.1) is 5.60 Å². The molecule has 0 bridgehead atoms. The summed E-state index contributed by atoms with van der Waals surface area (Å²) in [5, 5.41) is 13.4. The number of aliphatic hydroxyl groups is 1. The van der Waals surface area contributed by atoms with Crippen LogP contribution in [0.3, 0.4) is 0 Å². The monoisotopic (exact) mass is 200 g/mol. The summed E-state index contributed by atoms with van der Waals surface area (Å²) in [5.74, 6) is 0. The Kier molecular flexibility index (Phi) is 4.35. The highest BCUT2D eigenvalue weighted by Gasteiger charge is 2.23. The highest BCUT2D eigenvalue weighted by atomic mass is 16.3. The first kappa shape index (κ1) is 12.0. The third kappa shape index (κ3) is 3.95. The normalized spacial score (nSPS) is 27.9. The summed E-state index contributed by atoms with van der Waals surface area (Å²) in [7, 11) is 2.14. The Bertz CT molecular complexity index is 171. The van der Waals surface area contributed by atoms with E-state index in [0.29, 0.717) is 6.04 Å². The molecule has 0 spiro atoms. The van der Waals surface area contributed by atoms with Gasteiger partial charge in [0, 0.05) is 19.1 Å². The fourth-order valence-electron chi connectivity index (χ4n) is 2.09. The summed E-state index contributed by atoms with van der Waals surface area (Å²) in [6.45, 7) is 7.04. The molecular formula is C11H24N2O. The Morgan fingerprint density at radius 1 is 1.57 bits per heavy atom. The minimum atomic E-state index is -0.532. The van der Waals surface area contributed by atoms with Crippen LogP contribution in [0.5, 0.6) is 0 Å². The second-order valence-electron chi connectivity index (χ2n) is 4.88. The van der Waals surface area contributed by atoms with E-state index in [0.717, 1.165) is 25.9 Å². The zero-order chi connectivity index (χ0) is 10.6. The number of rotatable bonds is 5. The van der Waals surface area contributed by atoms with Crippen LogP contribution >= 0.6 is 0 Å². The van der Waals surface area contributed by atoms with E-state index in [4.69, 9.17) is 0 Å². The molecule has 14 heavy (non-hydrogen) atoms. The molecule has 2 N–H and O–H groups in total. The van der Waals surface area contributed by atoms with Gasteiger partial charge in [-0.1, -0.05) is 13.3 Å². The number of likely N-dealkylation sites (tertiary alicyclic amines) is 1. The van der Waals surface area contributed by atoms with Gasteiger partial charge < -0.3 is 15.3 Å². The van der Waals surface area contributed by atoms with Crippen LogP contribution in [0.2, 0.25) is 0 Å². The molecule has 0 aliphatic carbocycles. The Balaban J connectivity index is 2.19. The highest BCUT2D eigenvalue weighted by molar-refractivity contribution is 4.83. The van der Waals surface area contributed by atoms with Crippen molar-refractivity contribution in [3.8, 4) is 0 Å². The number of likely N-dealkylation sites (N-methyl/N-ethyl adjacent to an activating group) is 1. The molecule has 1 aliphatic rings. The third-order valence-electron chi connectivity index (χ3n) is 2.95. The van der Waals surface area contributed by atoms with Crippen LogP contribution in [-0.2, 0) is 0 Å². The lowest BCUT2D eigenvalue weighted by Gasteiger charge is -2.25. The molecule has 0 radical (unpaired) electrons. The van der Waals surface area contributed by atoms with Gasteiger partial charge in [0.2, 0.25) is 0 Å². The van der Waals surface area contributed by atoms with Crippen molar-refractivity contribution < 1.29 is 5.11 Å². The van der Waals surface area contributed by atoms with Crippen molar-refractivity contribution in [2.24, 2.45) is 0 Å². The number of hydrogen-bond acceptors (Lipinski definition) is 3. The zero-order valence-corrected chi connectivity index (χ0v) is 9.71. The van der Waals surface area contributed by atoms with Crippen LogP contribution < -0.4 is 5.32 Å². The maximum absolute atomic E-state index is 9.96. The van der Waals surface area contributed by atoms with Crippen LogP contribution in [-0.4, -0.2) is 48.3 Å². The van der Waals surface area contributed by atoms with Crippen LogP contribution in [0.4, 0.5) is 0 Å². The van der Waals surface area contributed by atoms with Crippen molar-refractivity contribution in [2.75, 3.05) is 26.7 Å². The van der Waals surface area contributed by atoms with Crippen LogP contribution in [0, 0.1) is 0 Å². The van der Waals surface area contributed by atoms with Crippen molar-refractivity contribution in [3.63, 3.8) is 0 Å². The smallest absolute Gasteiger partial charge is 0.0743 e. The summed E-state index contributed by atoms with van der Waals surface area (Å²) >= 11 is 0. The summed E-state index contributed by atoms with van der Waals surface area (Å²) in [4.78, 5) is 2.33. The molecular weight excluding hydrogens is 176 g/mol. The van der Waals surface area contributed by atoms with Crippen LogP contribution in [0.25, 0.3) is 0 Å². The van der Waals surface area contributed by atoms with E-state index in [1.807, 2.05) is 6.92 Å². The van der Waals surface area contributed by atoms with Crippen molar-refractivity contribution in [1.82, 2.24) is 10.2 Å². The SMILES string of the molecule is CCCC(C)(O)CNC1CCN(C)C1. The molecule has 3 nitrogen and oxygen atoms in total.